The van der Waals surface area contributed by atoms with Gasteiger partial charge in [-0.2, -0.15) is 0 Å². The predicted molar refractivity (Wildman–Crippen MR) is 84.6 cm³/mol. The predicted octanol–water partition coefficient (Wildman–Crippen LogP) is 0.770. The van der Waals surface area contributed by atoms with Gasteiger partial charge >= 0.3 is 0 Å². The SMILES string of the molecule is CCO[C@H]1COC[C@@H]1Nc1ccc(C(=O)N2CCOCC2)cn1. The summed E-state index contributed by atoms with van der Waals surface area (Å²) in [5, 5.41) is 3.32. The second kappa shape index (κ2) is 7.72. The van der Waals surface area contributed by atoms with Gasteiger partial charge in [0, 0.05) is 25.9 Å². The molecule has 0 aliphatic carbocycles. The number of nitrogens with one attached hydrogen (secondary N) is 1. The number of morpholine rings is 1. The van der Waals surface area contributed by atoms with Crippen LogP contribution < -0.4 is 5.32 Å². The van der Waals surface area contributed by atoms with E-state index < -0.39 is 0 Å². The number of rotatable bonds is 5. The van der Waals surface area contributed by atoms with E-state index in [4.69, 9.17) is 14.2 Å². The molecule has 2 aliphatic rings. The van der Waals surface area contributed by atoms with Gasteiger partial charge in [0.25, 0.3) is 5.91 Å². The molecular weight excluding hydrogens is 298 g/mol. The molecule has 126 valence electrons. The number of aromatic nitrogens is 1. The third kappa shape index (κ3) is 3.99. The van der Waals surface area contributed by atoms with Crippen LogP contribution in [-0.4, -0.2) is 74.1 Å². The fourth-order valence-corrected chi connectivity index (χ4v) is 2.79. The van der Waals surface area contributed by atoms with E-state index in [1.807, 2.05) is 13.0 Å². The van der Waals surface area contributed by atoms with E-state index in [-0.39, 0.29) is 18.1 Å². The highest BCUT2D eigenvalue weighted by Crippen LogP contribution is 2.16. The van der Waals surface area contributed by atoms with Gasteiger partial charge in [0.2, 0.25) is 0 Å². The molecule has 0 unspecified atom stereocenters. The number of hydrogen-bond donors (Lipinski definition) is 1. The van der Waals surface area contributed by atoms with Crippen molar-refractivity contribution in [2.24, 2.45) is 0 Å². The van der Waals surface area contributed by atoms with Gasteiger partial charge < -0.3 is 24.4 Å². The van der Waals surface area contributed by atoms with E-state index in [2.05, 4.69) is 10.3 Å². The van der Waals surface area contributed by atoms with Gasteiger partial charge in [-0.1, -0.05) is 0 Å². The summed E-state index contributed by atoms with van der Waals surface area (Å²) in [5.41, 5.74) is 0.599. The van der Waals surface area contributed by atoms with Crippen LogP contribution in [0.2, 0.25) is 0 Å². The molecule has 0 aromatic carbocycles. The maximum atomic E-state index is 12.4. The Balaban J connectivity index is 1.59. The molecule has 3 rings (SSSR count). The lowest BCUT2D eigenvalue weighted by molar-refractivity contribution is 0.0302. The first kappa shape index (κ1) is 16.2. The summed E-state index contributed by atoms with van der Waals surface area (Å²) < 4.78 is 16.4. The molecule has 7 heteroatoms. The quantitative estimate of drug-likeness (QED) is 0.864. The number of carbonyl (C=O) groups is 1. The van der Waals surface area contributed by atoms with Crippen LogP contribution in [0.4, 0.5) is 5.82 Å². The van der Waals surface area contributed by atoms with Gasteiger partial charge in [0.05, 0.1) is 38.0 Å². The number of anilines is 1. The third-order valence-electron chi connectivity index (χ3n) is 4.05. The lowest BCUT2D eigenvalue weighted by atomic mass is 10.2. The molecule has 1 N–H and O–H groups in total. The van der Waals surface area contributed by atoms with Crippen molar-refractivity contribution in [2.45, 2.75) is 19.1 Å². The summed E-state index contributed by atoms with van der Waals surface area (Å²) in [6.45, 7) is 6.29. The maximum absolute atomic E-state index is 12.4. The Morgan fingerprint density at radius 2 is 2.17 bits per heavy atom. The highest BCUT2D eigenvalue weighted by molar-refractivity contribution is 5.94. The first-order chi connectivity index (χ1) is 11.3. The molecule has 2 aliphatic heterocycles. The molecule has 0 radical (unpaired) electrons. The van der Waals surface area contributed by atoms with Gasteiger partial charge in [-0.15, -0.1) is 0 Å². The van der Waals surface area contributed by atoms with Crippen LogP contribution in [0.15, 0.2) is 18.3 Å². The minimum Gasteiger partial charge on any atom is -0.378 e. The van der Waals surface area contributed by atoms with E-state index >= 15 is 0 Å². The van der Waals surface area contributed by atoms with Crippen molar-refractivity contribution >= 4 is 11.7 Å². The molecular formula is C16H23N3O4. The van der Waals surface area contributed by atoms with E-state index in [9.17, 15) is 4.79 Å². The first-order valence-corrected chi connectivity index (χ1v) is 8.07. The fraction of sp³-hybridized carbons (Fsp3) is 0.625. The zero-order valence-corrected chi connectivity index (χ0v) is 13.4. The summed E-state index contributed by atoms with van der Waals surface area (Å²) in [6.07, 6.45) is 1.66. The highest BCUT2D eigenvalue weighted by Gasteiger charge is 2.29. The van der Waals surface area contributed by atoms with Crippen LogP contribution in [0.5, 0.6) is 0 Å². The molecule has 2 saturated heterocycles. The minimum atomic E-state index is 0.00347. The molecule has 0 saturated carbocycles. The van der Waals surface area contributed by atoms with Gasteiger partial charge in [0.15, 0.2) is 0 Å². The van der Waals surface area contributed by atoms with Crippen molar-refractivity contribution in [3.63, 3.8) is 0 Å². The van der Waals surface area contributed by atoms with Crippen LogP contribution in [0, 0.1) is 0 Å². The van der Waals surface area contributed by atoms with E-state index in [1.54, 1.807) is 17.2 Å². The molecule has 1 aromatic heterocycles. The van der Waals surface area contributed by atoms with Crippen molar-refractivity contribution in [3.05, 3.63) is 23.9 Å². The largest absolute Gasteiger partial charge is 0.378 e. The van der Waals surface area contributed by atoms with Crippen molar-refractivity contribution < 1.29 is 19.0 Å². The number of nitrogens with zero attached hydrogens (tertiary/aromatic N) is 2. The van der Waals surface area contributed by atoms with Crippen molar-refractivity contribution in [3.8, 4) is 0 Å². The zero-order chi connectivity index (χ0) is 16.1. The number of ether oxygens (including phenoxy) is 3. The lowest BCUT2D eigenvalue weighted by Crippen LogP contribution is -2.40. The number of amides is 1. The Bertz CT molecular complexity index is 517. The molecule has 3 heterocycles. The monoisotopic (exact) mass is 321 g/mol. The van der Waals surface area contributed by atoms with Crippen LogP contribution in [-0.2, 0) is 14.2 Å². The van der Waals surface area contributed by atoms with Crippen LogP contribution >= 0.6 is 0 Å². The zero-order valence-electron chi connectivity index (χ0n) is 13.4. The Morgan fingerprint density at radius 1 is 1.35 bits per heavy atom. The summed E-state index contributed by atoms with van der Waals surface area (Å²) in [6, 6.07) is 3.72. The average molecular weight is 321 g/mol. The Kier molecular flexibility index (Phi) is 5.43. The number of hydrogen-bond acceptors (Lipinski definition) is 6. The number of carbonyl (C=O) groups excluding carboxylic acids is 1. The molecule has 2 fully saturated rings. The summed E-state index contributed by atoms with van der Waals surface area (Å²) in [4.78, 5) is 18.5. The molecule has 1 amide bonds. The standard InChI is InChI=1S/C16H23N3O4/c1-2-23-14-11-22-10-13(14)18-15-4-3-12(9-17-15)16(20)19-5-7-21-8-6-19/h3-4,9,13-14H,2,5-8,10-11H2,1H3,(H,17,18)/t13-,14-/m0/s1. The number of pyridine rings is 1. The molecule has 0 spiro atoms. The van der Waals surface area contributed by atoms with Gasteiger partial charge in [-0.3, -0.25) is 4.79 Å². The molecule has 0 bridgehead atoms. The van der Waals surface area contributed by atoms with Crippen molar-refractivity contribution in [1.82, 2.24) is 9.88 Å². The third-order valence-corrected chi connectivity index (χ3v) is 4.05. The second-order valence-electron chi connectivity index (χ2n) is 5.62. The Morgan fingerprint density at radius 3 is 2.87 bits per heavy atom. The van der Waals surface area contributed by atoms with E-state index in [0.717, 1.165) is 5.82 Å². The van der Waals surface area contributed by atoms with Crippen molar-refractivity contribution in [2.75, 3.05) is 51.4 Å². The Hall–Kier alpha value is -1.70. The second-order valence-corrected chi connectivity index (χ2v) is 5.62. The van der Waals surface area contributed by atoms with Crippen LogP contribution in [0.3, 0.4) is 0 Å². The summed E-state index contributed by atoms with van der Waals surface area (Å²) in [5.74, 6) is 0.729. The fourth-order valence-electron chi connectivity index (χ4n) is 2.79. The lowest BCUT2D eigenvalue weighted by Gasteiger charge is -2.26. The van der Waals surface area contributed by atoms with Crippen LogP contribution in [0.25, 0.3) is 0 Å². The summed E-state index contributed by atoms with van der Waals surface area (Å²) in [7, 11) is 0. The normalized spacial score (nSPS) is 24.7. The minimum absolute atomic E-state index is 0.00347. The maximum Gasteiger partial charge on any atom is 0.255 e. The average Bonchev–Trinajstić information content (AvgIpc) is 3.03. The van der Waals surface area contributed by atoms with E-state index in [0.29, 0.717) is 51.7 Å². The van der Waals surface area contributed by atoms with Gasteiger partial charge in [-0.25, -0.2) is 4.98 Å². The first-order valence-electron chi connectivity index (χ1n) is 8.07. The van der Waals surface area contributed by atoms with E-state index in [1.165, 1.54) is 0 Å². The topological polar surface area (TPSA) is 72.9 Å². The summed E-state index contributed by atoms with van der Waals surface area (Å²) >= 11 is 0. The highest BCUT2D eigenvalue weighted by atomic mass is 16.5. The van der Waals surface area contributed by atoms with Crippen LogP contribution in [0.1, 0.15) is 17.3 Å². The molecule has 1 aromatic rings. The van der Waals surface area contributed by atoms with Gasteiger partial charge in [-0.05, 0) is 19.1 Å². The van der Waals surface area contributed by atoms with Crippen molar-refractivity contribution in [1.29, 1.82) is 0 Å². The van der Waals surface area contributed by atoms with Gasteiger partial charge in [0.1, 0.15) is 11.9 Å². The molecule has 23 heavy (non-hydrogen) atoms. The Labute approximate surface area is 135 Å². The smallest absolute Gasteiger partial charge is 0.255 e. The molecule has 2 atom stereocenters. The molecule has 7 nitrogen and oxygen atoms in total.